The fourth-order valence-corrected chi connectivity index (χ4v) is 3.23. The summed E-state index contributed by atoms with van der Waals surface area (Å²) in [5.74, 6) is 1.57. The minimum Gasteiger partial charge on any atom is -0.382 e. The van der Waals surface area contributed by atoms with Crippen molar-refractivity contribution in [1.82, 2.24) is 10.2 Å². The van der Waals surface area contributed by atoms with Crippen LogP contribution in [0.3, 0.4) is 0 Å². The van der Waals surface area contributed by atoms with Gasteiger partial charge in [0.05, 0.1) is 19.8 Å². The Balaban J connectivity index is 1.96. The average molecular weight is 357 g/mol. The van der Waals surface area contributed by atoms with E-state index in [1.807, 2.05) is 0 Å². The van der Waals surface area contributed by atoms with Crippen LogP contribution in [0.4, 0.5) is 0 Å². The normalized spacial score (nSPS) is 16.5. The summed E-state index contributed by atoms with van der Waals surface area (Å²) in [4.78, 5) is 14.4. The molecule has 0 saturated carbocycles. The van der Waals surface area contributed by atoms with Gasteiger partial charge in [-0.25, -0.2) is 0 Å². The molecule has 0 bridgehead atoms. The molecule has 0 aliphatic carbocycles. The molecule has 5 heteroatoms. The lowest BCUT2D eigenvalue weighted by atomic mass is 9.96. The summed E-state index contributed by atoms with van der Waals surface area (Å²) < 4.78 is 10.2. The van der Waals surface area contributed by atoms with Crippen LogP contribution in [0.1, 0.15) is 58.8 Å². The number of methoxy groups -OCH3 is 1. The predicted molar refractivity (Wildman–Crippen MR) is 103 cm³/mol. The third kappa shape index (κ3) is 12.4. The summed E-state index contributed by atoms with van der Waals surface area (Å²) in [6.07, 6.45) is 8.28. The van der Waals surface area contributed by atoms with E-state index in [1.54, 1.807) is 7.11 Å². The first-order valence-electron chi connectivity index (χ1n) is 10.2. The van der Waals surface area contributed by atoms with Crippen LogP contribution >= 0.6 is 0 Å². The van der Waals surface area contributed by atoms with Crippen molar-refractivity contribution in [1.29, 1.82) is 0 Å². The Bertz CT molecular complexity index is 329. The summed E-state index contributed by atoms with van der Waals surface area (Å²) in [6.45, 7) is 10.7. The number of carbonyl (C=O) groups excluding carboxylic acids is 1. The molecule has 1 amide bonds. The monoisotopic (exact) mass is 356 g/mol. The van der Waals surface area contributed by atoms with Crippen molar-refractivity contribution in [3.8, 4) is 0 Å². The summed E-state index contributed by atoms with van der Waals surface area (Å²) in [7, 11) is 1.65. The number of nitrogens with zero attached hydrogens (tertiary/aromatic N) is 1. The van der Waals surface area contributed by atoms with Crippen molar-refractivity contribution in [3.63, 3.8) is 0 Å². The molecule has 0 aromatic carbocycles. The molecule has 1 heterocycles. The standard InChI is InChI=1S/C20H40N2O3/c1-18(2)7-5-4-6-11-22-12-8-19(9-13-22)17-21-20(23)10-14-25-16-15-24-3/h18-19H,4-17H2,1-3H3,(H,21,23). The average Bonchev–Trinajstić information content (AvgIpc) is 2.60. The lowest BCUT2D eigenvalue weighted by molar-refractivity contribution is -0.122. The van der Waals surface area contributed by atoms with Gasteiger partial charge in [0, 0.05) is 20.1 Å². The molecule has 1 aliphatic rings. The molecule has 25 heavy (non-hydrogen) atoms. The summed E-state index contributed by atoms with van der Waals surface area (Å²) in [5, 5.41) is 3.06. The lowest BCUT2D eigenvalue weighted by Gasteiger charge is -2.32. The van der Waals surface area contributed by atoms with Crippen LogP contribution in [0, 0.1) is 11.8 Å². The third-order valence-corrected chi connectivity index (χ3v) is 4.96. The summed E-state index contributed by atoms with van der Waals surface area (Å²) in [5.41, 5.74) is 0. The molecular formula is C20H40N2O3. The van der Waals surface area contributed by atoms with Gasteiger partial charge < -0.3 is 19.7 Å². The van der Waals surface area contributed by atoms with Gasteiger partial charge in [0.1, 0.15) is 0 Å². The Labute approximate surface area is 154 Å². The van der Waals surface area contributed by atoms with Crippen LogP contribution < -0.4 is 5.32 Å². The zero-order valence-corrected chi connectivity index (χ0v) is 16.7. The van der Waals surface area contributed by atoms with Gasteiger partial charge in [0.15, 0.2) is 0 Å². The Kier molecular flexibility index (Phi) is 13.0. The fraction of sp³-hybridized carbons (Fsp3) is 0.950. The zero-order chi connectivity index (χ0) is 18.3. The van der Waals surface area contributed by atoms with E-state index < -0.39 is 0 Å². The number of ether oxygens (including phenoxy) is 2. The molecule has 1 aliphatic heterocycles. The molecule has 0 radical (unpaired) electrons. The van der Waals surface area contributed by atoms with Crippen LogP contribution in [0.2, 0.25) is 0 Å². The van der Waals surface area contributed by atoms with E-state index in [0.717, 1.165) is 12.5 Å². The molecule has 0 atom stereocenters. The first-order valence-corrected chi connectivity index (χ1v) is 10.2. The highest BCUT2D eigenvalue weighted by Gasteiger charge is 2.19. The second kappa shape index (κ2) is 14.5. The number of hydrogen-bond acceptors (Lipinski definition) is 4. The number of hydrogen-bond donors (Lipinski definition) is 1. The molecular weight excluding hydrogens is 316 g/mol. The van der Waals surface area contributed by atoms with E-state index in [0.29, 0.717) is 32.2 Å². The van der Waals surface area contributed by atoms with E-state index in [2.05, 4.69) is 24.1 Å². The Morgan fingerprint density at radius 2 is 1.88 bits per heavy atom. The SMILES string of the molecule is COCCOCCC(=O)NCC1CCN(CCCCCC(C)C)CC1. The highest BCUT2D eigenvalue weighted by atomic mass is 16.5. The molecule has 1 saturated heterocycles. The summed E-state index contributed by atoms with van der Waals surface area (Å²) >= 11 is 0. The number of carbonyl (C=O) groups is 1. The number of rotatable bonds is 14. The number of likely N-dealkylation sites (tertiary alicyclic amines) is 1. The van der Waals surface area contributed by atoms with Gasteiger partial charge >= 0.3 is 0 Å². The maximum absolute atomic E-state index is 11.8. The van der Waals surface area contributed by atoms with Crippen molar-refractivity contribution in [2.24, 2.45) is 11.8 Å². The first-order chi connectivity index (χ1) is 12.1. The number of amides is 1. The topological polar surface area (TPSA) is 50.8 Å². The molecule has 1 rings (SSSR count). The van der Waals surface area contributed by atoms with Crippen molar-refractivity contribution in [2.75, 3.05) is 53.1 Å². The second-order valence-corrected chi connectivity index (χ2v) is 7.69. The first kappa shape index (κ1) is 22.4. The van der Waals surface area contributed by atoms with E-state index in [4.69, 9.17) is 9.47 Å². The Morgan fingerprint density at radius 3 is 2.56 bits per heavy atom. The molecule has 1 fully saturated rings. The van der Waals surface area contributed by atoms with Gasteiger partial charge in [0.2, 0.25) is 5.91 Å². The minimum absolute atomic E-state index is 0.102. The fourth-order valence-electron chi connectivity index (χ4n) is 3.23. The van der Waals surface area contributed by atoms with Crippen LogP contribution in [0.25, 0.3) is 0 Å². The van der Waals surface area contributed by atoms with E-state index in [-0.39, 0.29) is 5.91 Å². The number of nitrogens with one attached hydrogen (secondary N) is 1. The van der Waals surface area contributed by atoms with Gasteiger partial charge in [0.25, 0.3) is 0 Å². The predicted octanol–water partition coefficient (Wildman–Crippen LogP) is 3.08. The van der Waals surface area contributed by atoms with E-state index >= 15 is 0 Å². The van der Waals surface area contributed by atoms with Crippen molar-refractivity contribution in [2.45, 2.75) is 58.8 Å². The van der Waals surface area contributed by atoms with Gasteiger partial charge in [-0.15, -0.1) is 0 Å². The Morgan fingerprint density at radius 1 is 1.12 bits per heavy atom. The van der Waals surface area contributed by atoms with Crippen LogP contribution in [-0.2, 0) is 14.3 Å². The molecule has 1 N–H and O–H groups in total. The largest absolute Gasteiger partial charge is 0.382 e. The molecule has 5 nitrogen and oxygen atoms in total. The third-order valence-electron chi connectivity index (χ3n) is 4.96. The Hall–Kier alpha value is -0.650. The molecule has 0 spiro atoms. The van der Waals surface area contributed by atoms with Gasteiger partial charge in [-0.3, -0.25) is 4.79 Å². The van der Waals surface area contributed by atoms with Gasteiger partial charge in [-0.1, -0.05) is 33.1 Å². The zero-order valence-electron chi connectivity index (χ0n) is 16.7. The second-order valence-electron chi connectivity index (χ2n) is 7.69. The highest BCUT2D eigenvalue weighted by molar-refractivity contribution is 5.75. The van der Waals surface area contributed by atoms with Crippen LogP contribution in [-0.4, -0.2) is 63.9 Å². The quantitative estimate of drug-likeness (QED) is 0.486. The highest BCUT2D eigenvalue weighted by Crippen LogP contribution is 2.17. The number of piperidine rings is 1. The van der Waals surface area contributed by atoms with Crippen molar-refractivity contribution < 1.29 is 14.3 Å². The number of unbranched alkanes of at least 4 members (excludes halogenated alkanes) is 2. The molecule has 0 aromatic heterocycles. The van der Waals surface area contributed by atoms with E-state index in [1.165, 1.54) is 58.2 Å². The lowest BCUT2D eigenvalue weighted by Crippen LogP contribution is -2.39. The molecule has 0 aromatic rings. The molecule has 0 unspecified atom stereocenters. The van der Waals surface area contributed by atoms with Crippen LogP contribution in [0.5, 0.6) is 0 Å². The van der Waals surface area contributed by atoms with E-state index in [9.17, 15) is 4.79 Å². The molecule has 148 valence electrons. The summed E-state index contributed by atoms with van der Waals surface area (Å²) in [6, 6.07) is 0. The maximum Gasteiger partial charge on any atom is 0.222 e. The van der Waals surface area contributed by atoms with Crippen LogP contribution in [0.15, 0.2) is 0 Å². The van der Waals surface area contributed by atoms with Crippen molar-refractivity contribution >= 4 is 5.91 Å². The minimum atomic E-state index is 0.102. The van der Waals surface area contributed by atoms with Gasteiger partial charge in [-0.05, 0) is 50.7 Å². The smallest absolute Gasteiger partial charge is 0.222 e. The maximum atomic E-state index is 11.8. The van der Waals surface area contributed by atoms with Crippen molar-refractivity contribution in [3.05, 3.63) is 0 Å². The van der Waals surface area contributed by atoms with Gasteiger partial charge in [-0.2, -0.15) is 0 Å².